The third-order valence-electron chi connectivity index (χ3n) is 10.0. The SMILES string of the molecule is CC1(C)c2ccccc2-c2ccc3c(c21)c1ccccc1n3-c1ccc(-c2nc(-c3ccccc3)c3c(n2)sc2ccccc23)cc1. The maximum Gasteiger partial charge on any atom is 0.161 e. The molecule has 0 saturated heterocycles. The van der Waals surface area contributed by atoms with E-state index in [0.29, 0.717) is 0 Å². The number of fused-ring (bicyclic) bond motifs is 10. The van der Waals surface area contributed by atoms with Gasteiger partial charge in [-0.2, -0.15) is 0 Å². The Bertz CT molecular complexity index is 2700. The lowest BCUT2D eigenvalue weighted by Gasteiger charge is -2.22. The van der Waals surface area contributed by atoms with Crippen molar-refractivity contribution in [3.8, 4) is 39.5 Å². The minimum absolute atomic E-state index is 0.0940. The summed E-state index contributed by atoms with van der Waals surface area (Å²) in [5.41, 5.74) is 12.1. The van der Waals surface area contributed by atoms with Crippen LogP contribution in [-0.2, 0) is 5.41 Å². The van der Waals surface area contributed by atoms with Gasteiger partial charge in [-0.3, -0.25) is 0 Å². The molecule has 3 nitrogen and oxygen atoms in total. The smallest absolute Gasteiger partial charge is 0.161 e. The van der Waals surface area contributed by atoms with Crippen LogP contribution in [0.5, 0.6) is 0 Å². The van der Waals surface area contributed by atoms with Crippen molar-refractivity contribution >= 4 is 53.4 Å². The molecular formula is C43H29N3S. The summed E-state index contributed by atoms with van der Waals surface area (Å²) in [5.74, 6) is 0.744. The topological polar surface area (TPSA) is 30.7 Å². The highest BCUT2D eigenvalue weighted by Gasteiger charge is 2.38. The summed E-state index contributed by atoms with van der Waals surface area (Å²) in [6, 6.07) is 50.2. The molecular weight excluding hydrogens is 591 g/mol. The Kier molecular flexibility index (Phi) is 5.50. The van der Waals surface area contributed by atoms with Crippen LogP contribution in [0.1, 0.15) is 25.0 Å². The maximum absolute atomic E-state index is 5.22. The molecule has 0 saturated carbocycles. The van der Waals surface area contributed by atoms with Crippen LogP contribution in [0.3, 0.4) is 0 Å². The highest BCUT2D eigenvalue weighted by atomic mass is 32.1. The van der Waals surface area contributed by atoms with Crippen molar-refractivity contribution in [2.24, 2.45) is 0 Å². The quantitative estimate of drug-likeness (QED) is 0.197. The minimum atomic E-state index is -0.0940. The maximum atomic E-state index is 5.22. The zero-order chi connectivity index (χ0) is 31.3. The molecule has 4 heteroatoms. The number of aromatic nitrogens is 3. The Balaban J connectivity index is 1.16. The van der Waals surface area contributed by atoms with Gasteiger partial charge in [-0.15, -0.1) is 11.3 Å². The number of hydrogen-bond acceptors (Lipinski definition) is 3. The monoisotopic (exact) mass is 619 g/mol. The summed E-state index contributed by atoms with van der Waals surface area (Å²) >= 11 is 1.73. The van der Waals surface area contributed by atoms with E-state index in [1.54, 1.807) is 11.3 Å². The number of benzene rings is 6. The van der Waals surface area contributed by atoms with Crippen LogP contribution >= 0.6 is 11.3 Å². The second-order valence-electron chi connectivity index (χ2n) is 13.0. The first kappa shape index (κ1) is 26.6. The van der Waals surface area contributed by atoms with Crippen molar-refractivity contribution in [1.82, 2.24) is 14.5 Å². The summed E-state index contributed by atoms with van der Waals surface area (Å²) in [4.78, 5) is 11.4. The van der Waals surface area contributed by atoms with Crippen molar-refractivity contribution in [2.75, 3.05) is 0 Å². The zero-order valence-electron chi connectivity index (χ0n) is 26.0. The van der Waals surface area contributed by atoms with Gasteiger partial charge in [-0.05, 0) is 64.7 Å². The molecule has 0 fully saturated rings. The number of hydrogen-bond donors (Lipinski definition) is 0. The van der Waals surface area contributed by atoms with E-state index in [9.17, 15) is 0 Å². The molecule has 47 heavy (non-hydrogen) atoms. The van der Waals surface area contributed by atoms with Crippen molar-refractivity contribution in [3.63, 3.8) is 0 Å². The van der Waals surface area contributed by atoms with E-state index < -0.39 is 0 Å². The third kappa shape index (κ3) is 3.73. The molecule has 222 valence electrons. The number of nitrogens with zero attached hydrogens (tertiary/aromatic N) is 3. The molecule has 1 aliphatic rings. The van der Waals surface area contributed by atoms with Crippen LogP contribution in [0.4, 0.5) is 0 Å². The van der Waals surface area contributed by atoms with Crippen molar-refractivity contribution < 1.29 is 0 Å². The molecule has 0 atom stereocenters. The Hall–Kier alpha value is -5.58. The molecule has 9 aromatic rings. The predicted molar refractivity (Wildman–Crippen MR) is 198 cm³/mol. The Labute approximate surface area is 276 Å². The van der Waals surface area contributed by atoms with Crippen LogP contribution in [0, 0.1) is 0 Å². The molecule has 0 radical (unpaired) electrons. The average Bonchev–Trinajstić information content (AvgIpc) is 3.74. The Morgan fingerprint density at radius 1 is 0.553 bits per heavy atom. The summed E-state index contributed by atoms with van der Waals surface area (Å²) < 4.78 is 3.64. The van der Waals surface area contributed by atoms with E-state index >= 15 is 0 Å². The van der Waals surface area contributed by atoms with Crippen LogP contribution in [0.25, 0.3) is 81.6 Å². The van der Waals surface area contributed by atoms with Gasteiger partial charge in [0, 0.05) is 48.5 Å². The number of thiophene rings is 1. The summed E-state index contributed by atoms with van der Waals surface area (Å²) in [7, 11) is 0. The van der Waals surface area contributed by atoms with Crippen molar-refractivity contribution in [3.05, 3.63) is 151 Å². The molecule has 6 aromatic carbocycles. The average molecular weight is 620 g/mol. The van der Waals surface area contributed by atoms with Gasteiger partial charge >= 0.3 is 0 Å². The second kappa shape index (κ2) is 9.71. The van der Waals surface area contributed by atoms with Gasteiger partial charge in [0.1, 0.15) is 4.83 Å². The molecule has 10 rings (SSSR count). The van der Waals surface area contributed by atoms with E-state index in [4.69, 9.17) is 9.97 Å². The van der Waals surface area contributed by atoms with E-state index in [-0.39, 0.29) is 5.41 Å². The standard InChI is InChI=1S/C43H29N3S/c1-43(2)33-17-9-6-14-29(33)30-24-25-35-37(39(30)43)31-15-7-10-18-34(31)46(35)28-22-20-27(21-23-28)41-44-40(26-12-4-3-5-13-26)38-32-16-8-11-19-36(32)47-42(38)45-41/h3-25H,1-2H3. The molecule has 0 aliphatic heterocycles. The fraction of sp³-hybridized carbons (Fsp3) is 0.0698. The molecule has 0 spiro atoms. The first-order valence-corrected chi connectivity index (χ1v) is 16.9. The molecule has 0 unspecified atom stereocenters. The molecule has 0 amide bonds. The molecule has 3 heterocycles. The number of rotatable bonds is 3. The first-order valence-electron chi connectivity index (χ1n) is 16.1. The van der Waals surface area contributed by atoms with Crippen LogP contribution in [0.15, 0.2) is 140 Å². The van der Waals surface area contributed by atoms with Gasteiger partial charge in [0.05, 0.1) is 16.7 Å². The summed E-state index contributed by atoms with van der Waals surface area (Å²) in [5, 5.41) is 4.96. The van der Waals surface area contributed by atoms with Crippen LogP contribution in [0.2, 0.25) is 0 Å². The summed E-state index contributed by atoms with van der Waals surface area (Å²) in [6.45, 7) is 4.74. The largest absolute Gasteiger partial charge is 0.309 e. The van der Waals surface area contributed by atoms with Crippen LogP contribution < -0.4 is 0 Å². The van der Waals surface area contributed by atoms with E-state index in [0.717, 1.165) is 38.5 Å². The van der Waals surface area contributed by atoms with Gasteiger partial charge in [0.15, 0.2) is 5.82 Å². The first-order chi connectivity index (χ1) is 23.1. The number of para-hydroxylation sites is 1. The summed E-state index contributed by atoms with van der Waals surface area (Å²) in [6.07, 6.45) is 0. The van der Waals surface area contributed by atoms with Gasteiger partial charge < -0.3 is 4.57 Å². The zero-order valence-corrected chi connectivity index (χ0v) is 26.8. The van der Waals surface area contributed by atoms with Gasteiger partial charge in [-0.1, -0.05) is 111 Å². The Morgan fingerprint density at radius 3 is 2.13 bits per heavy atom. The highest BCUT2D eigenvalue weighted by Crippen LogP contribution is 2.53. The molecule has 1 aliphatic carbocycles. The lowest BCUT2D eigenvalue weighted by atomic mass is 9.80. The molecule has 3 aromatic heterocycles. The van der Waals surface area contributed by atoms with Crippen molar-refractivity contribution in [2.45, 2.75) is 19.3 Å². The Morgan fingerprint density at radius 2 is 1.28 bits per heavy atom. The fourth-order valence-electron chi connectivity index (χ4n) is 7.93. The fourth-order valence-corrected chi connectivity index (χ4v) is 9.00. The highest BCUT2D eigenvalue weighted by molar-refractivity contribution is 7.25. The lowest BCUT2D eigenvalue weighted by molar-refractivity contribution is 0.666. The third-order valence-corrected chi connectivity index (χ3v) is 11.1. The van der Waals surface area contributed by atoms with Gasteiger partial charge in [-0.25, -0.2) is 9.97 Å². The van der Waals surface area contributed by atoms with Gasteiger partial charge in [0.25, 0.3) is 0 Å². The second-order valence-corrected chi connectivity index (χ2v) is 14.0. The normalized spacial score (nSPS) is 13.5. The van der Waals surface area contributed by atoms with Crippen LogP contribution in [-0.4, -0.2) is 14.5 Å². The molecule has 0 bridgehead atoms. The van der Waals surface area contributed by atoms with E-state index in [1.807, 2.05) is 0 Å². The predicted octanol–water partition coefficient (Wildman–Crippen LogP) is 11.6. The lowest BCUT2D eigenvalue weighted by Crippen LogP contribution is -2.15. The van der Waals surface area contributed by atoms with Gasteiger partial charge in [0.2, 0.25) is 0 Å². The molecule has 0 N–H and O–H groups in total. The minimum Gasteiger partial charge on any atom is -0.309 e. The van der Waals surface area contributed by atoms with Crippen molar-refractivity contribution in [1.29, 1.82) is 0 Å². The van der Waals surface area contributed by atoms with E-state index in [1.165, 1.54) is 54.1 Å². The van der Waals surface area contributed by atoms with E-state index in [2.05, 4.69) is 158 Å².